The van der Waals surface area contributed by atoms with Crippen molar-refractivity contribution in [3.8, 4) is 11.5 Å². The van der Waals surface area contributed by atoms with Gasteiger partial charge in [0.2, 0.25) is 0 Å². The number of thiazole rings is 1. The lowest BCUT2D eigenvalue weighted by Gasteiger charge is -2.08. The van der Waals surface area contributed by atoms with Crippen LogP contribution in [0.1, 0.15) is 16.0 Å². The molecule has 1 amide bonds. The van der Waals surface area contributed by atoms with Crippen molar-refractivity contribution in [1.29, 1.82) is 0 Å². The highest BCUT2D eigenvalue weighted by atomic mass is 35.5. The van der Waals surface area contributed by atoms with Crippen LogP contribution in [0.5, 0.6) is 11.5 Å². The summed E-state index contributed by atoms with van der Waals surface area (Å²) in [6.45, 7) is 0.363. The SMILES string of the molecule is O=C(COc1ccc(OCc2ccccc2)cc1)Nc1ncc(Cc2cccc(Cl)c2Cl)s1. The van der Waals surface area contributed by atoms with E-state index in [1.54, 1.807) is 24.4 Å². The first-order chi connectivity index (χ1) is 16.1. The zero-order chi connectivity index (χ0) is 23.0. The predicted octanol–water partition coefficient (Wildman–Crippen LogP) is 6.64. The number of amides is 1. The molecule has 0 atom stereocenters. The molecular weight excluding hydrogens is 479 g/mol. The van der Waals surface area contributed by atoms with Crippen LogP contribution >= 0.6 is 34.5 Å². The average Bonchev–Trinajstić information content (AvgIpc) is 3.27. The summed E-state index contributed by atoms with van der Waals surface area (Å²) in [4.78, 5) is 17.5. The second kappa shape index (κ2) is 11.2. The molecule has 0 bridgehead atoms. The molecule has 0 aliphatic rings. The Morgan fingerprint density at radius 2 is 1.64 bits per heavy atom. The Morgan fingerprint density at radius 1 is 0.909 bits per heavy atom. The number of benzene rings is 3. The first kappa shape index (κ1) is 23.1. The first-order valence-electron chi connectivity index (χ1n) is 10.1. The molecule has 0 spiro atoms. The molecule has 3 aromatic carbocycles. The fourth-order valence-electron chi connectivity index (χ4n) is 3.00. The Bertz CT molecular complexity index is 1210. The van der Waals surface area contributed by atoms with Crippen LogP contribution < -0.4 is 14.8 Å². The normalized spacial score (nSPS) is 10.6. The number of rotatable bonds is 9. The molecule has 0 radical (unpaired) electrons. The molecular formula is C25H20Cl2N2O3S. The van der Waals surface area contributed by atoms with Crippen molar-refractivity contribution in [1.82, 2.24) is 4.98 Å². The maximum absolute atomic E-state index is 12.2. The molecule has 4 aromatic rings. The van der Waals surface area contributed by atoms with E-state index in [-0.39, 0.29) is 12.5 Å². The van der Waals surface area contributed by atoms with Crippen molar-refractivity contribution in [2.24, 2.45) is 0 Å². The van der Waals surface area contributed by atoms with Crippen LogP contribution in [0.15, 0.2) is 79.0 Å². The molecule has 168 valence electrons. The molecule has 0 aliphatic carbocycles. The van der Waals surface area contributed by atoms with Crippen LogP contribution in [-0.2, 0) is 17.8 Å². The number of nitrogens with one attached hydrogen (secondary N) is 1. The minimum absolute atomic E-state index is 0.126. The number of halogens is 2. The van der Waals surface area contributed by atoms with Gasteiger partial charge < -0.3 is 9.47 Å². The van der Waals surface area contributed by atoms with Gasteiger partial charge in [0.25, 0.3) is 5.91 Å². The summed E-state index contributed by atoms with van der Waals surface area (Å²) in [5.74, 6) is 1.01. The minimum Gasteiger partial charge on any atom is -0.489 e. The standard InChI is InChI=1S/C25H20Cl2N2O3S/c26-22-8-4-7-18(24(22)27)13-21-14-28-25(33-21)29-23(30)16-32-20-11-9-19(10-12-20)31-15-17-5-2-1-3-6-17/h1-12,14H,13,15-16H2,(H,28,29,30). The molecule has 5 nitrogen and oxygen atoms in total. The lowest BCUT2D eigenvalue weighted by molar-refractivity contribution is -0.118. The fourth-order valence-corrected chi connectivity index (χ4v) is 4.24. The van der Waals surface area contributed by atoms with E-state index in [1.807, 2.05) is 54.6 Å². The topological polar surface area (TPSA) is 60.5 Å². The highest BCUT2D eigenvalue weighted by Crippen LogP contribution is 2.29. The van der Waals surface area contributed by atoms with Crippen molar-refractivity contribution in [2.45, 2.75) is 13.0 Å². The van der Waals surface area contributed by atoms with Crippen LogP contribution in [-0.4, -0.2) is 17.5 Å². The Kier molecular flexibility index (Phi) is 7.83. The van der Waals surface area contributed by atoms with E-state index in [2.05, 4.69) is 10.3 Å². The van der Waals surface area contributed by atoms with Gasteiger partial charge in [0.15, 0.2) is 11.7 Å². The van der Waals surface area contributed by atoms with Gasteiger partial charge in [0.1, 0.15) is 18.1 Å². The number of carbonyl (C=O) groups excluding carboxylic acids is 1. The van der Waals surface area contributed by atoms with Crippen LogP contribution in [0.2, 0.25) is 10.0 Å². The third-order valence-electron chi connectivity index (χ3n) is 4.64. The molecule has 33 heavy (non-hydrogen) atoms. The molecule has 0 aliphatic heterocycles. The Morgan fingerprint density at radius 3 is 2.39 bits per heavy atom. The van der Waals surface area contributed by atoms with E-state index >= 15 is 0 Å². The zero-order valence-electron chi connectivity index (χ0n) is 17.5. The number of hydrogen-bond acceptors (Lipinski definition) is 5. The summed E-state index contributed by atoms with van der Waals surface area (Å²) in [5, 5.41) is 4.30. The van der Waals surface area contributed by atoms with Gasteiger partial charge in [-0.2, -0.15) is 0 Å². The third kappa shape index (κ3) is 6.71. The maximum atomic E-state index is 12.2. The number of carbonyl (C=O) groups is 1. The van der Waals surface area contributed by atoms with Gasteiger partial charge in [-0.05, 0) is 41.5 Å². The van der Waals surface area contributed by atoms with Gasteiger partial charge in [-0.3, -0.25) is 10.1 Å². The van der Waals surface area contributed by atoms with Crippen LogP contribution in [0.25, 0.3) is 0 Å². The first-order valence-corrected chi connectivity index (χ1v) is 11.7. The molecule has 8 heteroatoms. The third-order valence-corrected chi connectivity index (χ3v) is 6.41. The monoisotopic (exact) mass is 498 g/mol. The molecule has 1 N–H and O–H groups in total. The highest BCUT2D eigenvalue weighted by molar-refractivity contribution is 7.15. The van der Waals surface area contributed by atoms with Crippen molar-refractivity contribution in [3.05, 3.63) is 105 Å². The maximum Gasteiger partial charge on any atom is 0.264 e. The summed E-state index contributed by atoms with van der Waals surface area (Å²) >= 11 is 13.7. The Hall–Kier alpha value is -3.06. The van der Waals surface area contributed by atoms with E-state index in [0.717, 1.165) is 21.8 Å². The van der Waals surface area contributed by atoms with Gasteiger partial charge in [-0.1, -0.05) is 65.7 Å². The summed E-state index contributed by atoms with van der Waals surface area (Å²) in [5.41, 5.74) is 2.00. The molecule has 1 aromatic heterocycles. The molecule has 4 rings (SSSR count). The quantitative estimate of drug-likeness (QED) is 0.281. The zero-order valence-corrected chi connectivity index (χ0v) is 19.8. The smallest absolute Gasteiger partial charge is 0.264 e. The van der Waals surface area contributed by atoms with Crippen molar-refractivity contribution in [2.75, 3.05) is 11.9 Å². The van der Waals surface area contributed by atoms with Gasteiger partial charge in [0, 0.05) is 17.5 Å². The van der Waals surface area contributed by atoms with Crippen molar-refractivity contribution in [3.63, 3.8) is 0 Å². The number of anilines is 1. The predicted molar refractivity (Wildman–Crippen MR) is 133 cm³/mol. The van der Waals surface area contributed by atoms with Crippen LogP contribution in [0, 0.1) is 0 Å². The number of hydrogen-bond donors (Lipinski definition) is 1. The van der Waals surface area contributed by atoms with Crippen molar-refractivity contribution >= 4 is 45.6 Å². The number of aromatic nitrogens is 1. The number of nitrogens with zero attached hydrogens (tertiary/aromatic N) is 1. The molecule has 0 saturated carbocycles. The van der Waals surface area contributed by atoms with E-state index in [1.165, 1.54) is 11.3 Å². The van der Waals surface area contributed by atoms with Gasteiger partial charge in [-0.25, -0.2) is 4.98 Å². The molecule has 0 unspecified atom stereocenters. The van der Waals surface area contributed by atoms with Crippen molar-refractivity contribution < 1.29 is 14.3 Å². The molecule has 0 fully saturated rings. The fraction of sp³-hybridized carbons (Fsp3) is 0.120. The Balaban J connectivity index is 1.23. The molecule has 0 saturated heterocycles. The number of ether oxygens (including phenoxy) is 2. The second-order valence-electron chi connectivity index (χ2n) is 7.10. The van der Waals surface area contributed by atoms with E-state index in [4.69, 9.17) is 32.7 Å². The second-order valence-corrected chi connectivity index (χ2v) is 9.00. The Labute approximate surface area is 205 Å². The van der Waals surface area contributed by atoms with Crippen LogP contribution in [0.3, 0.4) is 0 Å². The van der Waals surface area contributed by atoms with E-state index in [9.17, 15) is 4.79 Å². The lowest BCUT2D eigenvalue weighted by atomic mass is 10.1. The summed E-state index contributed by atoms with van der Waals surface area (Å²) < 4.78 is 11.3. The summed E-state index contributed by atoms with van der Waals surface area (Å²) in [6, 6.07) is 22.6. The lowest BCUT2D eigenvalue weighted by Crippen LogP contribution is -2.19. The summed E-state index contributed by atoms with van der Waals surface area (Å²) in [7, 11) is 0. The van der Waals surface area contributed by atoms with Gasteiger partial charge >= 0.3 is 0 Å². The average molecular weight is 499 g/mol. The van der Waals surface area contributed by atoms with Gasteiger partial charge in [-0.15, -0.1) is 11.3 Å². The molecule has 1 heterocycles. The van der Waals surface area contributed by atoms with Crippen LogP contribution in [0.4, 0.5) is 5.13 Å². The van der Waals surface area contributed by atoms with E-state index < -0.39 is 0 Å². The largest absolute Gasteiger partial charge is 0.489 e. The minimum atomic E-state index is -0.291. The van der Waals surface area contributed by atoms with Gasteiger partial charge in [0.05, 0.1) is 10.0 Å². The van der Waals surface area contributed by atoms with E-state index in [0.29, 0.717) is 34.0 Å². The highest BCUT2D eigenvalue weighted by Gasteiger charge is 2.11. The summed E-state index contributed by atoms with van der Waals surface area (Å²) in [6.07, 6.45) is 2.30.